The van der Waals surface area contributed by atoms with Gasteiger partial charge in [-0.2, -0.15) is 0 Å². The van der Waals surface area contributed by atoms with Crippen molar-refractivity contribution in [2.45, 2.75) is 0 Å². The SMILES string of the molecule is O=P(c1ccccc1)(c1ccccc1)c1cc(-c2ccncc2)cc(P(=O)(c2ccccc2)c2ccccc2)c1-c1ccncc1. The molecule has 2 heterocycles. The molecule has 0 saturated heterocycles. The lowest BCUT2D eigenvalue weighted by atomic mass is 10.0. The Hall–Kier alpha value is -5.14. The van der Waals surface area contributed by atoms with E-state index in [1.807, 2.05) is 158 Å². The third-order valence-corrected chi connectivity index (χ3v) is 14.4. The molecule has 0 fully saturated rings. The number of benzene rings is 5. The molecule has 222 valence electrons. The van der Waals surface area contributed by atoms with E-state index in [9.17, 15) is 0 Å². The summed E-state index contributed by atoms with van der Waals surface area (Å²) in [5.74, 6) is 0. The van der Waals surface area contributed by atoms with Crippen molar-refractivity contribution in [2.24, 2.45) is 0 Å². The first-order valence-electron chi connectivity index (χ1n) is 15.0. The Kier molecular flexibility index (Phi) is 8.16. The minimum atomic E-state index is -3.56. The normalized spacial score (nSPS) is 11.7. The Morgan fingerprint density at radius 1 is 0.348 bits per heavy atom. The highest BCUT2D eigenvalue weighted by atomic mass is 31.2. The number of hydrogen-bond acceptors (Lipinski definition) is 4. The summed E-state index contributed by atoms with van der Waals surface area (Å²) >= 11 is 0. The number of nitrogens with zero attached hydrogens (tertiary/aromatic N) is 2. The number of rotatable bonds is 8. The van der Waals surface area contributed by atoms with Gasteiger partial charge in [-0.1, -0.05) is 121 Å². The van der Waals surface area contributed by atoms with Gasteiger partial charge in [0.05, 0.1) is 0 Å². The van der Waals surface area contributed by atoms with Gasteiger partial charge in [0.2, 0.25) is 0 Å². The van der Waals surface area contributed by atoms with Gasteiger partial charge in [0.15, 0.2) is 14.3 Å². The molecule has 0 aliphatic carbocycles. The van der Waals surface area contributed by atoms with Gasteiger partial charge in [-0.25, -0.2) is 0 Å². The smallest absolute Gasteiger partial charge is 0.171 e. The van der Waals surface area contributed by atoms with Crippen LogP contribution >= 0.6 is 14.3 Å². The summed E-state index contributed by atoms with van der Waals surface area (Å²) in [4.78, 5) is 8.56. The highest BCUT2D eigenvalue weighted by Gasteiger charge is 2.39. The molecule has 0 aliphatic heterocycles. The standard InChI is InChI=1S/C40H30N2O2P2/c43-45(34-13-5-1-6-14-34,35-15-7-2-8-16-35)38-29-33(31-21-25-41-26-22-31)30-39(40(38)32-23-27-42-28-24-32)46(44,36-17-9-3-10-18-36)37-19-11-4-12-20-37/h1-30H. The molecule has 0 unspecified atom stereocenters. The fourth-order valence-corrected chi connectivity index (χ4v) is 12.0. The van der Waals surface area contributed by atoms with E-state index in [1.54, 1.807) is 24.8 Å². The second kappa shape index (κ2) is 12.7. The molecule has 2 aromatic heterocycles. The number of pyridine rings is 2. The van der Waals surface area contributed by atoms with E-state index in [1.165, 1.54) is 0 Å². The molecule has 7 rings (SSSR count). The van der Waals surface area contributed by atoms with Gasteiger partial charge in [-0.05, 0) is 53.1 Å². The average molecular weight is 633 g/mol. The predicted octanol–water partition coefficient (Wildman–Crippen LogP) is 7.09. The lowest BCUT2D eigenvalue weighted by Gasteiger charge is -2.29. The fourth-order valence-electron chi connectivity index (χ4n) is 6.04. The van der Waals surface area contributed by atoms with Gasteiger partial charge in [0.1, 0.15) is 0 Å². The summed E-state index contributed by atoms with van der Waals surface area (Å²) in [6.07, 6.45) is 6.94. The van der Waals surface area contributed by atoms with Gasteiger partial charge < -0.3 is 9.13 Å². The van der Waals surface area contributed by atoms with Crippen molar-refractivity contribution in [3.05, 3.63) is 183 Å². The Labute approximate surface area is 269 Å². The van der Waals surface area contributed by atoms with Crippen molar-refractivity contribution in [2.75, 3.05) is 0 Å². The van der Waals surface area contributed by atoms with Gasteiger partial charge >= 0.3 is 0 Å². The van der Waals surface area contributed by atoms with E-state index in [-0.39, 0.29) is 0 Å². The first kappa shape index (κ1) is 29.6. The van der Waals surface area contributed by atoms with E-state index in [0.29, 0.717) is 37.4 Å². The van der Waals surface area contributed by atoms with Crippen molar-refractivity contribution in [1.82, 2.24) is 9.97 Å². The van der Waals surface area contributed by atoms with Crippen molar-refractivity contribution in [1.29, 1.82) is 0 Å². The van der Waals surface area contributed by atoms with E-state index in [2.05, 4.69) is 9.97 Å². The summed E-state index contributed by atoms with van der Waals surface area (Å²) in [6, 6.07) is 50.2. The fraction of sp³-hybridized carbons (Fsp3) is 0. The maximum Gasteiger partial charge on any atom is 0.171 e. The van der Waals surface area contributed by atoms with Crippen LogP contribution in [0.3, 0.4) is 0 Å². The summed E-state index contributed by atoms with van der Waals surface area (Å²) in [5.41, 5.74) is 3.18. The molecule has 5 aromatic carbocycles. The molecule has 0 bridgehead atoms. The van der Waals surface area contributed by atoms with Gasteiger partial charge in [-0.15, -0.1) is 0 Å². The Morgan fingerprint density at radius 2 is 0.652 bits per heavy atom. The number of hydrogen-bond donors (Lipinski definition) is 0. The molecule has 6 heteroatoms. The first-order chi connectivity index (χ1) is 22.6. The predicted molar refractivity (Wildman–Crippen MR) is 192 cm³/mol. The van der Waals surface area contributed by atoms with Crippen LogP contribution in [-0.2, 0) is 9.13 Å². The Balaban J connectivity index is 1.71. The van der Waals surface area contributed by atoms with Crippen LogP contribution < -0.4 is 31.8 Å². The first-order valence-corrected chi connectivity index (χ1v) is 18.4. The van der Waals surface area contributed by atoms with Gasteiger partial charge in [0.25, 0.3) is 0 Å². The van der Waals surface area contributed by atoms with E-state index >= 15 is 9.13 Å². The quantitative estimate of drug-likeness (QED) is 0.168. The van der Waals surface area contributed by atoms with Crippen LogP contribution in [0.15, 0.2) is 183 Å². The molecular formula is C40H30N2O2P2. The molecule has 0 N–H and O–H groups in total. The Bertz CT molecular complexity index is 1970. The Morgan fingerprint density at radius 3 is 0.978 bits per heavy atom. The molecule has 0 spiro atoms. The minimum Gasteiger partial charge on any atom is -0.309 e. The van der Waals surface area contributed by atoms with Crippen LogP contribution in [0.5, 0.6) is 0 Å². The molecule has 7 aromatic rings. The summed E-state index contributed by atoms with van der Waals surface area (Å²) in [5, 5.41) is 4.03. The van der Waals surface area contributed by atoms with E-state index in [4.69, 9.17) is 0 Å². The zero-order chi connectivity index (χ0) is 31.4. The summed E-state index contributed by atoms with van der Waals surface area (Å²) < 4.78 is 32.5. The molecule has 0 radical (unpaired) electrons. The van der Waals surface area contributed by atoms with Crippen LogP contribution in [0.1, 0.15) is 0 Å². The molecule has 0 aliphatic rings. The van der Waals surface area contributed by atoms with Crippen LogP contribution in [0.2, 0.25) is 0 Å². The largest absolute Gasteiger partial charge is 0.309 e. The maximum absolute atomic E-state index is 16.2. The molecule has 46 heavy (non-hydrogen) atoms. The lowest BCUT2D eigenvalue weighted by molar-refractivity contribution is 0.592. The highest BCUT2D eigenvalue weighted by molar-refractivity contribution is 7.87. The molecule has 0 amide bonds. The second-order valence-electron chi connectivity index (χ2n) is 10.9. The maximum atomic E-state index is 16.2. The zero-order valence-corrected chi connectivity index (χ0v) is 26.7. The molecule has 0 saturated carbocycles. The summed E-state index contributed by atoms with van der Waals surface area (Å²) in [6.45, 7) is 0. The van der Waals surface area contributed by atoms with Crippen LogP contribution in [-0.4, -0.2) is 9.97 Å². The minimum absolute atomic E-state index is 0.618. The van der Waals surface area contributed by atoms with E-state index in [0.717, 1.165) is 16.7 Å². The van der Waals surface area contributed by atoms with E-state index < -0.39 is 14.3 Å². The highest BCUT2D eigenvalue weighted by Crippen LogP contribution is 2.51. The third kappa shape index (κ3) is 5.26. The van der Waals surface area contributed by atoms with Gasteiger partial charge in [-0.3, -0.25) is 9.97 Å². The van der Waals surface area contributed by atoms with Crippen LogP contribution in [0.4, 0.5) is 0 Å². The van der Waals surface area contributed by atoms with Crippen LogP contribution in [0.25, 0.3) is 22.3 Å². The molecular weight excluding hydrogens is 602 g/mol. The molecule has 0 atom stereocenters. The average Bonchev–Trinajstić information content (AvgIpc) is 3.16. The van der Waals surface area contributed by atoms with Gasteiger partial charge in [0, 0.05) is 62.2 Å². The lowest BCUT2D eigenvalue weighted by Crippen LogP contribution is -2.33. The zero-order valence-electron chi connectivity index (χ0n) is 24.9. The van der Waals surface area contributed by atoms with Crippen molar-refractivity contribution >= 4 is 46.1 Å². The van der Waals surface area contributed by atoms with Crippen molar-refractivity contribution in [3.63, 3.8) is 0 Å². The summed E-state index contributed by atoms with van der Waals surface area (Å²) in [7, 11) is -7.13. The third-order valence-electron chi connectivity index (χ3n) is 8.24. The van der Waals surface area contributed by atoms with Crippen LogP contribution in [0, 0.1) is 0 Å². The molecule has 4 nitrogen and oxygen atoms in total. The second-order valence-corrected chi connectivity index (χ2v) is 16.4. The topological polar surface area (TPSA) is 59.9 Å². The van der Waals surface area contributed by atoms with Crippen molar-refractivity contribution < 1.29 is 9.13 Å². The van der Waals surface area contributed by atoms with Crippen molar-refractivity contribution in [3.8, 4) is 22.3 Å². The number of aromatic nitrogens is 2. The monoisotopic (exact) mass is 632 g/mol.